The van der Waals surface area contributed by atoms with Crippen molar-refractivity contribution in [3.05, 3.63) is 59.7 Å². The normalized spacial score (nSPS) is 12.4. The molecule has 2 rings (SSSR count). The largest absolute Gasteiger partial charge is 0.496 e. The van der Waals surface area contributed by atoms with E-state index >= 15 is 0 Å². The van der Waals surface area contributed by atoms with Crippen LogP contribution in [0.1, 0.15) is 24.0 Å². The first-order valence-corrected chi connectivity index (χ1v) is 8.77. The van der Waals surface area contributed by atoms with Gasteiger partial charge in [-0.1, -0.05) is 43.3 Å². The average molecular weight is 355 g/mol. The minimum absolute atomic E-state index is 0.294. The highest BCUT2D eigenvalue weighted by atomic mass is 16.5. The van der Waals surface area contributed by atoms with Crippen molar-refractivity contribution in [3.63, 3.8) is 0 Å². The van der Waals surface area contributed by atoms with Crippen molar-refractivity contribution in [1.82, 2.24) is 10.2 Å². The van der Waals surface area contributed by atoms with Gasteiger partial charge < -0.3 is 19.7 Å². The zero-order valence-corrected chi connectivity index (χ0v) is 16.3. The summed E-state index contributed by atoms with van der Waals surface area (Å²) in [5.74, 6) is 2.94. The SMILES string of the molecule is CN=C(NCC(C)c1ccccc1OC)N(C)Cc1ccccc1OC. The Morgan fingerprint density at radius 2 is 1.65 bits per heavy atom. The van der Waals surface area contributed by atoms with E-state index in [1.54, 1.807) is 21.3 Å². The van der Waals surface area contributed by atoms with Gasteiger partial charge in [0.05, 0.1) is 14.2 Å². The van der Waals surface area contributed by atoms with Crippen molar-refractivity contribution in [2.24, 2.45) is 4.99 Å². The highest BCUT2D eigenvalue weighted by molar-refractivity contribution is 5.79. The Morgan fingerprint density at radius 3 is 2.31 bits per heavy atom. The van der Waals surface area contributed by atoms with E-state index in [0.717, 1.165) is 29.6 Å². The molecule has 0 amide bonds. The van der Waals surface area contributed by atoms with Crippen molar-refractivity contribution in [3.8, 4) is 11.5 Å². The molecule has 5 nitrogen and oxygen atoms in total. The molecule has 0 aliphatic heterocycles. The maximum Gasteiger partial charge on any atom is 0.193 e. The third-order valence-electron chi connectivity index (χ3n) is 4.41. The molecule has 2 aromatic carbocycles. The van der Waals surface area contributed by atoms with Crippen LogP contribution in [0.5, 0.6) is 11.5 Å². The van der Waals surface area contributed by atoms with Gasteiger partial charge in [0.2, 0.25) is 0 Å². The predicted octanol–water partition coefficient (Wildman–Crippen LogP) is 3.51. The van der Waals surface area contributed by atoms with Crippen LogP contribution in [0.25, 0.3) is 0 Å². The Bertz CT molecular complexity index is 731. The van der Waals surface area contributed by atoms with Crippen molar-refractivity contribution < 1.29 is 9.47 Å². The van der Waals surface area contributed by atoms with Crippen molar-refractivity contribution in [2.45, 2.75) is 19.4 Å². The van der Waals surface area contributed by atoms with Crippen LogP contribution in [0, 0.1) is 0 Å². The fourth-order valence-electron chi connectivity index (χ4n) is 2.98. The van der Waals surface area contributed by atoms with Gasteiger partial charge in [-0.15, -0.1) is 0 Å². The molecule has 0 aliphatic carbocycles. The number of para-hydroxylation sites is 2. The predicted molar refractivity (Wildman–Crippen MR) is 107 cm³/mol. The number of benzene rings is 2. The molecule has 5 heteroatoms. The summed E-state index contributed by atoms with van der Waals surface area (Å²) >= 11 is 0. The first-order chi connectivity index (χ1) is 12.6. The van der Waals surface area contributed by atoms with Gasteiger partial charge in [-0.05, 0) is 17.7 Å². The molecule has 0 saturated carbocycles. The van der Waals surface area contributed by atoms with Crippen LogP contribution in [0.2, 0.25) is 0 Å². The van der Waals surface area contributed by atoms with E-state index in [0.29, 0.717) is 12.5 Å². The summed E-state index contributed by atoms with van der Waals surface area (Å²) in [5.41, 5.74) is 2.31. The summed E-state index contributed by atoms with van der Waals surface area (Å²) in [4.78, 5) is 6.50. The molecule has 140 valence electrons. The lowest BCUT2D eigenvalue weighted by molar-refractivity contribution is 0.395. The first kappa shape index (κ1) is 19.6. The van der Waals surface area contributed by atoms with Gasteiger partial charge in [-0.2, -0.15) is 0 Å². The maximum absolute atomic E-state index is 5.47. The van der Waals surface area contributed by atoms with Crippen LogP contribution in [0.4, 0.5) is 0 Å². The van der Waals surface area contributed by atoms with Crippen LogP contribution in [0.15, 0.2) is 53.5 Å². The van der Waals surface area contributed by atoms with Gasteiger partial charge in [-0.3, -0.25) is 4.99 Å². The summed E-state index contributed by atoms with van der Waals surface area (Å²) in [6.45, 7) is 3.66. The number of guanidine groups is 1. The van der Waals surface area contributed by atoms with Crippen LogP contribution < -0.4 is 14.8 Å². The minimum Gasteiger partial charge on any atom is -0.496 e. The lowest BCUT2D eigenvalue weighted by atomic mass is 10.0. The molecular weight excluding hydrogens is 326 g/mol. The Balaban J connectivity index is 2.00. The molecule has 2 aromatic rings. The third kappa shape index (κ3) is 4.91. The second kappa shape index (κ2) is 9.70. The summed E-state index contributed by atoms with van der Waals surface area (Å²) in [6.07, 6.45) is 0. The van der Waals surface area contributed by atoms with Gasteiger partial charge in [0.25, 0.3) is 0 Å². The minimum atomic E-state index is 0.294. The van der Waals surface area contributed by atoms with Crippen LogP contribution >= 0.6 is 0 Å². The van der Waals surface area contributed by atoms with E-state index in [1.807, 2.05) is 43.4 Å². The van der Waals surface area contributed by atoms with Crippen molar-refractivity contribution >= 4 is 5.96 Å². The Labute approximate surface area is 156 Å². The van der Waals surface area contributed by atoms with E-state index in [9.17, 15) is 0 Å². The van der Waals surface area contributed by atoms with E-state index < -0.39 is 0 Å². The van der Waals surface area contributed by atoms with Gasteiger partial charge in [-0.25, -0.2) is 0 Å². The molecule has 1 unspecified atom stereocenters. The lowest BCUT2D eigenvalue weighted by Gasteiger charge is -2.25. The maximum atomic E-state index is 5.47. The van der Waals surface area contributed by atoms with Gasteiger partial charge in [0.1, 0.15) is 11.5 Å². The first-order valence-electron chi connectivity index (χ1n) is 8.77. The van der Waals surface area contributed by atoms with E-state index in [2.05, 4.69) is 34.3 Å². The summed E-state index contributed by atoms with van der Waals surface area (Å²) in [6, 6.07) is 16.2. The monoisotopic (exact) mass is 355 g/mol. The fraction of sp³-hybridized carbons (Fsp3) is 0.381. The molecule has 1 N–H and O–H groups in total. The number of nitrogens with one attached hydrogen (secondary N) is 1. The quantitative estimate of drug-likeness (QED) is 0.610. The topological polar surface area (TPSA) is 46.1 Å². The molecule has 0 fully saturated rings. The molecule has 0 saturated heterocycles. The molecule has 0 radical (unpaired) electrons. The number of hydrogen-bond acceptors (Lipinski definition) is 3. The Hall–Kier alpha value is -2.69. The standard InChI is InChI=1S/C21H29N3O2/c1-16(18-11-7-9-13-20(18)26-5)14-23-21(22-2)24(3)15-17-10-6-8-12-19(17)25-4/h6-13,16H,14-15H2,1-5H3,(H,22,23). The number of rotatable bonds is 7. The van der Waals surface area contributed by atoms with Gasteiger partial charge in [0.15, 0.2) is 5.96 Å². The third-order valence-corrected chi connectivity index (χ3v) is 4.41. The summed E-state index contributed by atoms with van der Waals surface area (Å²) in [7, 11) is 7.23. The average Bonchev–Trinajstić information content (AvgIpc) is 2.68. The molecule has 26 heavy (non-hydrogen) atoms. The Morgan fingerprint density at radius 1 is 1.04 bits per heavy atom. The molecule has 0 bridgehead atoms. The molecule has 0 aliphatic rings. The summed E-state index contributed by atoms with van der Waals surface area (Å²) in [5, 5.41) is 3.46. The zero-order valence-electron chi connectivity index (χ0n) is 16.3. The molecule has 1 atom stereocenters. The number of hydrogen-bond donors (Lipinski definition) is 1. The molecule has 0 aromatic heterocycles. The number of methoxy groups -OCH3 is 2. The second-order valence-corrected chi connectivity index (χ2v) is 6.24. The number of nitrogens with zero attached hydrogens (tertiary/aromatic N) is 2. The van der Waals surface area contributed by atoms with Crippen LogP contribution in [-0.2, 0) is 6.54 Å². The fourth-order valence-corrected chi connectivity index (χ4v) is 2.98. The smallest absolute Gasteiger partial charge is 0.193 e. The van der Waals surface area contributed by atoms with Crippen molar-refractivity contribution in [1.29, 1.82) is 0 Å². The van der Waals surface area contributed by atoms with Crippen LogP contribution in [0.3, 0.4) is 0 Å². The highest BCUT2D eigenvalue weighted by Gasteiger charge is 2.14. The zero-order chi connectivity index (χ0) is 18.9. The van der Waals surface area contributed by atoms with E-state index in [4.69, 9.17) is 9.47 Å². The lowest BCUT2D eigenvalue weighted by Crippen LogP contribution is -2.40. The number of ether oxygens (including phenoxy) is 2. The second-order valence-electron chi connectivity index (χ2n) is 6.24. The molecular formula is C21H29N3O2. The van der Waals surface area contributed by atoms with Gasteiger partial charge >= 0.3 is 0 Å². The summed E-state index contributed by atoms with van der Waals surface area (Å²) < 4.78 is 10.9. The number of aliphatic imine (C=N–C) groups is 1. The van der Waals surface area contributed by atoms with E-state index in [-0.39, 0.29) is 0 Å². The molecule has 0 spiro atoms. The van der Waals surface area contributed by atoms with Crippen LogP contribution in [-0.4, -0.2) is 45.7 Å². The highest BCUT2D eigenvalue weighted by Crippen LogP contribution is 2.25. The Kier molecular flexibility index (Phi) is 7.33. The van der Waals surface area contributed by atoms with Crippen molar-refractivity contribution in [2.75, 3.05) is 34.9 Å². The van der Waals surface area contributed by atoms with Gasteiger partial charge in [0, 0.05) is 38.7 Å². The van der Waals surface area contributed by atoms with E-state index in [1.165, 1.54) is 5.56 Å². The molecule has 0 heterocycles.